The molecule has 5 nitrogen and oxygen atoms in total. The Morgan fingerprint density at radius 3 is 2.73 bits per heavy atom. The second-order valence-electron chi connectivity index (χ2n) is 7.83. The normalized spacial score (nSPS) is 16.3. The van der Waals surface area contributed by atoms with Crippen LogP contribution in [-0.4, -0.2) is 37.4 Å². The van der Waals surface area contributed by atoms with E-state index < -0.39 is 0 Å². The van der Waals surface area contributed by atoms with Gasteiger partial charge in [0.1, 0.15) is 0 Å². The predicted molar refractivity (Wildman–Crippen MR) is 103 cm³/mol. The molecular formula is C20H32FN3O2. The number of rotatable bonds is 9. The fourth-order valence-electron chi connectivity index (χ4n) is 2.35. The van der Waals surface area contributed by atoms with Crippen LogP contribution in [0.15, 0.2) is 23.2 Å². The van der Waals surface area contributed by atoms with E-state index in [0.717, 1.165) is 12.1 Å². The van der Waals surface area contributed by atoms with Gasteiger partial charge in [0.05, 0.1) is 19.2 Å². The second kappa shape index (κ2) is 9.21. The number of ether oxygens (including phenoxy) is 1. The van der Waals surface area contributed by atoms with Crippen LogP contribution in [0.1, 0.15) is 52.1 Å². The highest BCUT2D eigenvalue weighted by Gasteiger charge is 2.22. The summed E-state index contributed by atoms with van der Waals surface area (Å²) in [5.41, 5.74) is 0.548. The van der Waals surface area contributed by atoms with E-state index in [2.05, 4.69) is 15.6 Å². The van der Waals surface area contributed by atoms with Gasteiger partial charge in [-0.05, 0) is 50.3 Å². The minimum atomic E-state index is -0.333. The molecule has 3 N–H and O–H groups in total. The molecule has 26 heavy (non-hydrogen) atoms. The van der Waals surface area contributed by atoms with Crippen molar-refractivity contribution in [3.8, 4) is 5.75 Å². The van der Waals surface area contributed by atoms with Gasteiger partial charge in [-0.2, -0.15) is 0 Å². The number of aliphatic hydroxyl groups is 1. The Bertz CT molecular complexity index is 615. The first-order valence-electron chi connectivity index (χ1n) is 9.42. The Morgan fingerprint density at radius 2 is 2.15 bits per heavy atom. The molecule has 0 amide bonds. The van der Waals surface area contributed by atoms with Gasteiger partial charge in [-0.25, -0.2) is 4.39 Å². The van der Waals surface area contributed by atoms with Crippen LogP contribution in [0, 0.1) is 17.2 Å². The lowest BCUT2D eigenvalue weighted by atomic mass is 9.95. The molecule has 0 saturated heterocycles. The van der Waals surface area contributed by atoms with Crippen LogP contribution in [0.25, 0.3) is 0 Å². The van der Waals surface area contributed by atoms with Crippen molar-refractivity contribution in [1.82, 2.24) is 10.6 Å². The fraction of sp³-hybridized carbons (Fsp3) is 0.650. The number of benzene rings is 1. The number of hydrogen-bond donors (Lipinski definition) is 3. The van der Waals surface area contributed by atoms with Gasteiger partial charge >= 0.3 is 0 Å². The molecule has 1 aliphatic rings. The molecule has 1 unspecified atom stereocenters. The standard InChI is InChI=1S/C20H32FN3O2/c1-5-22-19(23-12-20(3,4)13-25)24-14(2)16-8-9-18(17(21)10-16)26-11-15-6-7-15/h8-10,14-15,25H,5-7,11-13H2,1-4H3,(H2,22,23,24). The molecule has 6 heteroatoms. The summed E-state index contributed by atoms with van der Waals surface area (Å²) in [6.07, 6.45) is 2.36. The van der Waals surface area contributed by atoms with E-state index in [1.165, 1.54) is 18.9 Å². The molecule has 1 aromatic rings. The molecule has 0 spiro atoms. The van der Waals surface area contributed by atoms with Crippen LogP contribution in [-0.2, 0) is 0 Å². The van der Waals surface area contributed by atoms with Gasteiger partial charge in [0.15, 0.2) is 17.5 Å². The number of aliphatic imine (C=N–C) groups is 1. The molecule has 146 valence electrons. The quantitative estimate of drug-likeness (QED) is 0.464. The van der Waals surface area contributed by atoms with Crippen LogP contribution >= 0.6 is 0 Å². The maximum Gasteiger partial charge on any atom is 0.191 e. The first-order valence-corrected chi connectivity index (χ1v) is 9.42. The lowest BCUT2D eigenvalue weighted by Gasteiger charge is -2.22. The highest BCUT2D eigenvalue weighted by atomic mass is 19.1. The van der Waals surface area contributed by atoms with E-state index in [0.29, 0.717) is 30.8 Å². The molecule has 0 heterocycles. The molecule has 0 bridgehead atoms. The van der Waals surface area contributed by atoms with Gasteiger partial charge in [0, 0.05) is 18.6 Å². The number of halogens is 1. The summed E-state index contributed by atoms with van der Waals surface area (Å²) in [5, 5.41) is 15.8. The molecule has 0 aliphatic heterocycles. The summed E-state index contributed by atoms with van der Waals surface area (Å²) >= 11 is 0. The van der Waals surface area contributed by atoms with Gasteiger partial charge in [0.2, 0.25) is 0 Å². The van der Waals surface area contributed by atoms with Crippen molar-refractivity contribution in [3.05, 3.63) is 29.6 Å². The molecular weight excluding hydrogens is 333 g/mol. The van der Waals surface area contributed by atoms with E-state index >= 15 is 0 Å². The van der Waals surface area contributed by atoms with Crippen molar-refractivity contribution in [2.24, 2.45) is 16.3 Å². The zero-order chi connectivity index (χ0) is 19.2. The van der Waals surface area contributed by atoms with Crippen LogP contribution in [0.4, 0.5) is 4.39 Å². The van der Waals surface area contributed by atoms with E-state index in [9.17, 15) is 9.50 Å². The molecule has 2 rings (SSSR count). The van der Waals surface area contributed by atoms with E-state index in [-0.39, 0.29) is 23.9 Å². The smallest absolute Gasteiger partial charge is 0.191 e. The first kappa shape index (κ1) is 20.5. The van der Waals surface area contributed by atoms with Crippen LogP contribution in [0.5, 0.6) is 5.75 Å². The first-order chi connectivity index (χ1) is 12.3. The van der Waals surface area contributed by atoms with Gasteiger partial charge in [-0.3, -0.25) is 4.99 Å². The average molecular weight is 365 g/mol. The highest BCUT2D eigenvalue weighted by molar-refractivity contribution is 5.80. The monoisotopic (exact) mass is 365 g/mol. The molecule has 1 fully saturated rings. The van der Waals surface area contributed by atoms with Crippen molar-refractivity contribution >= 4 is 5.96 Å². The molecule has 0 radical (unpaired) electrons. The lowest BCUT2D eigenvalue weighted by Crippen LogP contribution is -2.39. The minimum absolute atomic E-state index is 0.0684. The van der Waals surface area contributed by atoms with Gasteiger partial charge in [-0.1, -0.05) is 19.9 Å². The summed E-state index contributed by atoms with van der Waals surface area (Å²) in [5.74, 6) is 1.23. The number of hydrogen-bond acceptors (Lipinski definition) is 3. The van der Waals surface area contributed by atoms with Gasteiger partial charge in [0.25, 0.3) is 0 Å². The Labute approximate surface area is 156 Å². The number of nitrogens with zero attached hydrogens (tertiary/aromatic N) is 1. The fourth-order valence-corrected chi connectivity index (χ4v) is 2.35. The molecule has 1 saturated carbocycles. The molecule has 1 atom stereocenters. The Balaban J connectivity index is 1.99. The number of nitrogens with one attached hydrogen (secondary N) is 2. The summed E-state index contributed by atoms with van der Waals surface area (Å²) in [4.78, 5) is 4.53. The minimum Gasteiger partial charge on any atom is -0.490 e. The van der Waals surface area contributed by atoms with E-state index in [4.69, 9.17) is 4.74 Å². The summed E-state index contributed by atoms with van der Waals surface area (Å²) in [6, 6.07) is 4.98. The van der Waals surface area contributed by atoms with Crippen molar-refractivity contribution < 1.29 is 14.2 Å². The van der Waals surface area contributed by atoms with Crippen LogP contribution < -0.4 is 15.4 Å². The van der Waals surface area contributed by atoms with Crippen molar-refractivity contribution in [2.75, 3.05) is 26.3 Å². The predicted octanol–water partition coefficient (Wildman–Crippen LogP) is 3.25. The Kier molecular flexibility index (Phi) is 7.26. The van der Waals surface area contributed by atoms with Gasteiger partial charge in [-0.15, -0.1) is 0 Å². The number of guanidine groups is 1. The summed E-state index contributed by atoms with van der Waals surface area (Å²) in [7, 11) is 0. The topological polar surface area (TPSA) is 65.9 Å². The zero-order valence-electron chi connectivity index (χ0n) is 16.3. The zero-order valence-corrected chi connectivity index (χ0v) is 16.3. The third-order valence-corrected chi connectivity index (χ3v) is 4.42. The van der Waals surface area contributed by atoms with Gasteiger partial charge < -0.3 is 20.5 Å². The van der Waals surface area contributed by atoms with E-state index in [1.54, 1.807) is 6.07 Å². The third kappa shape index (κ3) is 6.48. The maximum atomic E-state index is 14.3. The largest absolute Gasteiger partial charge is 0.490 e. The SMILES string of the molecule is CCNC(=NCC(C)(C)CO)NC(C)c1ccc(OCC2CC2)c(F)c1. The van der Waals surface area contributed by atoms with Crippen molar-refractivity contribution in [1.29, 1.82) is 0 Å². The molecule has 1 aliphatic carbocycles. The maximum absolute atomic E-state index is 14.3. The van der Waals surface area contributed by atoms with Crippen LogP contribution in [0.2, 0.25) is 0 Å². The summed E-state index contributed by atoms with van der Waals surface area (Å²) in [6.45, 7) is 9.75. The molecule has 0 aromatic heterocycles. The van der Waals surface area contributed by atoms with E-state index in [1.807, 2.05) is 33.8 Å². The number of aliphatic hydroxyl groups excluding tert-OH is 1. The summed E-state index contributed by atoms with van der Waals surface area (Å²) < 4.78 is 19.8. The van der Waals surface area contributed by atoms with Crippen molar-refractivity contribution in [2.45, 2.75) is 46.6 Å². The van der Waals surface area contributed by atoms with Crippen molar-refractivity contribution in [3.63, 3.8) is 0 Å². The van der Waals surface area contributed by atoms with Crippen LogP contribution in [0.3, 0.4) is 0 Å². The molecule has 1 aromatic carbocycles. The lowest BCUT2D eigenvalue weighted by molar-refractivity contribution is 0.167. The average Bonchev–Trinajstić information content (AvgIpc) is 3.43. The Hall–Kier alpha value is -1.82. The second-order valence-corrected chi connectivity index (χ2v) is 7.83. The third-order valence-electron chi connectivity index (χ3n) is 4.42. The Morgan fingerprint density at radius 1 is 1.42 bits per heavy atom. The highest BCUT2D eigenvalue weighted by Crippen LogP contribution is 2.30.